The summed E-state index contributed by atoms with van der Waals surface area (Å²) in [7, 11) is 0. The summed E-state index contributed by atoms with van der Waals surface area (Å²) >= 11 is 6.08. The first-order valence-corrected chi connectivity index (χ1v) is 5.35. The van der Waals surface area contributed by atoms with Gasteiger partial charge in [0.05, 0.1) is 16.7 Å². The van der Waals surface area contributed by atoms with Crippen LogP contribution >= 0.6 is 11.6 Å². The Bertz CT molecular complexity index is 471. The molecule has 72 valence electrons. The van der Waals surface area contributed by atoms with Gasteiger partial charge in [-0.3, -0.25) is 0 Å². The molecule has 14 heavy (non-hydrogen) atoms. The lowest BCUT2D eigenvalue weighted by molar-refractivity contribution is 0.400. The molecule has 1 aliphatic rings. The first-order valence-electron chi connectivity index (χ1n) is 4.98. The fraction of sp³-hybridized carbons (Fsp3) is 0.364. The standard InChI is InChI=1S/C11H11ClN2/c12-9-5-2-6-14-10(9)7-13-11(14)8-3-1-4-8/h2,5-8H,1,3-4H2. The summed E-state index contributed by atoms with van der Waals surface area (Å²) in [6.07, 6.45) is 7.79. The number of aromatic nitrogens is 2. The molecule has 0 aromatic carbocycles. The van der Waals surface area contributed by atoms with Gasteiger partial charge in [-0.1, -0.05) is 18.0 Å². The van der Waals surface area contributed by atoms with E-state index >= 15 is 0 Å². The highest BCUT2D eigenvalue weighted by molar-refractivity contribution is 6.33. The van der Waals surface area contributed by atoms with Gasteiger partial charge in [0, 0.05) is 12.1 Å². The molecular formula is C11H11ClN2. The Kier molecular flexibility index (Phi) is 1.77. The predicted octanol–water partition coefficient (Wildman–Crippen LogP) is 3.26. The van der Waals surface area contributed by atoms with Crippen molar-refractivity contribution in [2.24, 2.45) is 0 Å². The van der Waals surface area contributed by atoms with Gasteiger partial charge in [-0.25, -0.2) is 4.98 Å². The van der Waals surface area contributed by atoms with Crippen LogP contribution in [0.15, 0.2) is 24.5 Å². The highest BCUT2D eigenvalue weighted by Crippen LogP contribution is 2.36. The van der Waals surface area contributed by atoms with Crippen molar-refractivity contribution in [1.29, 1.82) is 0 Å². The summed E-state index contributed by atoms with van der Waals surface area (Å²) in [5.74, 6) is 1.82. The van der Waals surface area contributed by atoms with E-state index < -0.39 is 0 Å². The third-order valence-electron chi connectivity index (χ3n) is 3.02. The van der Waals surface area contributed by atoms with E-state index in [2.05, 4.69) is 9.38 Å². The Morgan fingerprint density at radius 2 is 2.29 bits per heavy atom. The average molecular weight is 207 g/mol. The summed E-state index contributed by atoms with van der Waals surface area (Å²) < 4.78 is 2.12. The number of halogens is 1. The van der Waals surface area contributed by atoms with Crippen molar-refractivity contribution in [2.45, 2.75) is 25.2 Å². The van der Waals surface area contributed by atoms with Crippen LogP contribution in [0.2, 0.25) is 5.02 Å². The van der Waals surface area contributed by atoms with Crippen LogP contribution in [-0.4, -0.2) is 9.38 Å². The number of pyridine rings is 1. The zero-order valence-electron chi connectivity index (χ0n) is 7.78. The molecule has 0 aliphatic heterocycles. The van der Waals surface area contributed by atoms with E-state index in [1.807, 2.05) is 24.5 Å². The van der Waals surface area contributed by atoms with Crippen molar-refractivity contribution in [3.05, 3.63) is 35.4 Å². The van der Waals surface area contributed by atoms with Gasteiger partial charge in [-0.15, -0.1) is 0 Å². The molecule has 0 radical (unpaired) electrons. The maximum Gasteiger partial charge on any atom is 0.116 e. The van der Waals surface area contributed by atoms with Gasteiger partial charge < -0.3 is 4.40 Å². The molecule has 1 aliphatic carbocycles. The first kappa shape index (κ1) is 8.30. The highest BCUT2D eigenvalue weighted by Gasteiger charge is 2.23. The van der Waals surface area contributed by atoms with Gasteiger partial charge in [0.2, 0.25) is 0 Å². The number of nitrogens with zero attached hydrogens (tertiary/aromatic N) is 2. The fourth-order valence-electron chi connectivity index (χ4n) is 1.98. The molecule has 2 heterocycles. The molecule has 1 fully saturated rings. The Hall–Kier alpha value is -1.02. The number of fused-ring (bicyclic) bond motifs is 1. The number of rotatable bonds is 1. The molecule has 0 amide bonds. The lowest BCUT2D eigenvalue weighted by Crippen LogP contribution is -2.12. The molecule has 3 heteroatoms. The molecule has 2 aromatic heterocycles. The van der Waals surface area contributed by atoms with E-state index in [1.54, 1.807) is 0 Å². The van der Waals surface area contributed by atoms with Gasteiger partial charge in [0.15, 0.2) is 0 Å². The van der Waals surface area contributed by atoms with Gasteiger partial charge >= 0.3 is 0 Å². The minimum absolute atomic E-state index is 0.649. The van der Waals surface area contributed by atoms with Crippen LogP contribution in [0.3, 0.4) is 0 Å². The van der Waals surface area contributed by atoms with Crippen molar-refractivity contribution in [3.8, 4) is 0 Å². The second-order valence-corrected chi connectivity index (χ2v) is 4.26. The smallest absolute Gasteiger partial charge is 0.116 e. The van der Waals surface area contributed by atoms with E-state index in [0.29, 0.717) is 5.92 Å². The van der Waals surface area contributed by atoms with Crippen LogP contribution in [0, 0.1) is 0 Å². The number of hydrogen-bond donors (Lipinski definition) is 0. The second kappa shape index (κ2) is 2.99. The van der Waals surface area contributed by atoms with Crippen molar-refractivity contribution < 1.29 is 0 Å². The Balaban J connectivity index is 2.20. The second-order valence-electron chi connectivity index (χ2n) is 3.86. The van der Waals surface area contributed by atoms with Gasteiger partial charge in [0.25, 0.3) is 0 Å². The van der Waals surface area contributed by atoms with Crippen LogP contribution in [0.4, 0.5) is 0 Å². The lowest BCUT2D eigenvalue weighted by atomic mass is 9.85. The molecule has 0 saturated heterocycles. The molecule has 1 saturated carbocycles. The van der Waals surface area contributed by atoms with Crippen molar-refractivity contribution >= 4 is 17.1 Å². The fourth-order valence-corrected chi connectivity index (χ4v) is 2.19. The van der Waals surface area contributed by atoms with Crippen molar-refractivity contribution in [2.75, 3.05) is 0 Å². The molecule has 0 unspecified atom stereocenters. The molecule has 0 atom stereocenters. The summed E-state index contributed by atoms with van der Waals surface area (Å²) in [4.78, 5) is 4.46. The highest BCUT2D eigenvalue weighted by atomic mass is 35.5. The van der Waals surface area contributed by atoms with E-state index in [4.69, 9.17) is 11.6 Å². The van der Waals surface area contributed by atoms with E-state index in [1.165, 1.54) is 25.1 Å². The third kappa shape index (κ3) is 1.07. The van der Waals surface area contributed by atoms with Gasteiger partial charge in [-0.05, 0) is 25.0 Å². The number of hydrogen-bond acceptors (Lipinski definition) is 1. The molecular weight excluding hydrogens is 196 g/mol. The maximum atomic E-state index is 6.08. The zero-order valence-corrected chi connectivity index (χ0v) is 8.54. The largest absolute Gasteiger partial charge is 0.302 e. The molecule has 0 spiro atoms. The Labute approximate surface area is 87.5 Å². The Morgan fingerprint density at radius 1 is 1.43 bits per heavy atom. The Morgan fingerprint density at radius 3 is 3.00 bits per heavy atom. The van der Waals surface area contributed by atoms with E-state index in [-0.39, 0.29) is 0 Å². The molecule has 3 rings (SSSR count). The van der Waals surface area contributed by atoms with Gasteiger partial charge in [0.1, 0.15) is 5.82 Å². The zero-order chi connectivity index (χ0) is 9.54. The molecule has 0 N–H and O–H groups in total. The quantitative estimate of drug-likeness (QED) is 0.700. The van der Waals surface area contributed by atoms with Gasteiger partial charge in [-0.2, -0.15) is 0 Å². The lowest BCUT2D eigenvalue weighted by Gasteiger charge is -2.23. The third-order valence-corrected chi connectivity index (χ3v) is 3.34. The molecule has 2 aromatic rings. The number of imidazole rings is 1. The van der Waals surface area contributed by atoms with E-state index in [0.717, 1.165) is 10.5 Å². The minimum atomic E-state index is 0.649. The summed E-state index contributed by atoms with van der Waals surface area (Å²) in [6.45, 7) is 0. The van der Waals surface area contributed by atoms with Crippen LogP contribution in [0.1, 0.15) is 31.0 Å². The summed E-state index contributed by atoms with van der Waals surface area (Å²) in [5.41, 5.74) is 1.02. The molecule has 0 bridgehead atoms. The van der Waals surface area contributed by atoms with Crippen LogP contribution in [-0.2, 0) is 0 Å². The summed E-state index contributed by atoms with van der Waals surface area (Å²) in [6, 6.07) is 3.88. The monoisotopic (exact) mass is 206 g/mol. The van der Waals surface area contributed by atoms with Crippen LogP contribution in [0.5, 0.6) is 0 Å². The topological polar surface area (TPSA) is 17.3 Å². The van der Waals surface area contributed by atoms with Crippen LogP contribution < -0.4 is 0 Å². The van der Waals surface area contributed by atoms with Crippen molar-refractivity contribution in [1.82, 2.24) is 9.38 Å². The average Bonchev–Trinajstić information content (AvgIpc) is 2.48. The summed E-state index contributed by atoms with van der Waals surface area (Å²) in [5, 5.41) is 0.783. The first-order chi connectivity index (χ1) is 6.86. The van der Waals surface area contributed by atoms with Crippen LogP contribution in [0.25, 0.3) is 5.52 Å². The van der Waals surface area contributed by atoms with E-state index in [9.17, 15) is 0 Å². The predicted molar refractivity (Wildman–Crippen MR) is 56.8 cm³/mol. The van der Waals surface area contributed by atoms with Crippen molar-refractivity contribution in [3.63, 3.8) is 0 Å². The normalized spacial score (nSPS) is 17.2. The maximum absolute atomic E-state index is 6.08. The molecule has 2 nitrogen and oxygen atoms in total. The SMILES string of the molecule is Clc1cccn2c(C3CCC3)ncc12. The minimum Gasteiger partial charge on any atom is -0.302 e.